The lowest BCUT2D eigenvalue weighted by atomic mass is 9.94. The second kappa shape index (κ2) is 5.05. The minimum Gasteiger partial charge on any atom is -0.396 e. The number of rotatable bonds is 2. The fraction of sp³-hybridized carbons (Fsp3) is 0.538. The van der Waals surface area contributed by atoms with Gasteiger partial charge < -0.3 is 10.6 Å². The number of nitrogens with two attached hydrogens (primary N) is 1. The van der Waals surface area contributed by atoms with Crippen molar-refractivity contribution in [2.75, 3.05) is 17.7 Å². The van der Waals surface area contributed by atoms with Crippen LogP contribution in [0.2, 0.25) is 0 Å². The lowest BCUT2D eigenvalue weighted by Crippen LogP contribution is -2.34. The largest absolute Gasteiger partial charge is 0.396 e. The maximum absolute atomic E-state index is 8.78. The summed E-state index contributed by atoms with van der Waals surface area (Å²) < 4.78 is 0. The predicted octanol–water partition coefficient (Wildman–Crippen LogP) is 2.30. The Kier molecular flexibility index (Phi) is 3.48. The molecule has 90 valence electrons. The Hall–Kier alpha value is -1.76. The molecule has 2 N–H and O–H groups in total. The van der Waals surface area contributed by atoms with Gasteiger partial charge in [0.2, 0.25) is 0 Å². The first kappa shape index (κ1) is 11.7. The molecule has 2 rings (SSSR count). The molecule has 1 aromatic rings. The van der Waals surface area contributed by atoms with Gasteiger partial charge in [-0.15, -0.1) is 0 Å². The van der Waals surface area contributed by atoms with Crippen molar-refractivity contribution in [3.05, 3.63) is 17.8 Å². The zero-order chi connectivity index (χ0) is 12.3. The van der Waals surface area contributed by atoms with E-state index in [0.29, 0.717) is 17.3 Å². The van der Waals surface area contributed by atoms with Crippen LogP contribution in [0.4, 0.5) is 11.5 Å². The molecular weight excluding hydrogens is 212 g/mol. The van der Waals surface area contributed by atoms with Crippen molar-refractivity contribution in [2.45, 2.75) is 38.1 Å². The highest BCUT2D eigenvalue weighted by molar-refractivity contribution is 5.64. The molecule has 0 aromatic carbocycles. The van der Waals surface area contributed by atoms with E-state index in [2.05, 4.69) is 16.0 Å². The normalized spacial score (nSPS) is 16.5. The molecule has 17 heavy (non-hydrogen) atoms. The summed E-state index contributed by atoms with van der Waals surface area (Å²) in [5.41, 5.74) is 7.06. The number of pyridine rings is 1. The summed E-state index contributed by atoms with van der Waals surface area (Å²) in [6.45, 7) is 0. The quantitative estimate of drug-likeness (QED) is 0.846. The van der Waals surface area contributed by atoms with Crippen LogP contribution >= 0.6 is 0 Å². The second-order valence-corrected chi connectivity index (χ2v) is 4.65. The van der Waals surface area contributed by atoms with Crippen LogP contribution in [-0.4, -0.2) is 18.1 Å². The Balaban J connectivity index is 2.18. The van der Waals surface area contributed by atoms with Crippen LogP contribution in [0.25, 0.3) is 0 Å². The minimum absolute atomic E-state index is 0.517. The highest BCUT2D eigenvalue weighted by atomic mass is 15.2. The van der Waals surface area contributed by atoms with Gasteiger partial charge in [-0.05, 0) is 18.9 Å². The Morgan fingerprint density at radius 2 is 2.12 bits per heavy atom. The number of nitrogens with zero attached hydrogens (tertiary/aromatic N) is 3. The summed E-state index contributed by atoms with van der Waals surface area (Å²) in [7, 11) is 2.04. The third-order valence-corrected chi connectivity index (χ3v) is 3.48. The molecule has 0 aliphatic heterocycles. The molecule has 0 unspecified atom stereocenters. The van der Waals surface area contributed by atoms with Gasteiger partial charge in [-0.2, -0.15) is 5.26 Å². The first-order chi connectivity index (χ1) is 8.22. The number of nitriles is 1. The zero-order valence-electron chi connectivity index (χ0n) is 10.2. The van der Waals surface area contributed by atoms with Crippen LogP contribution in [0.15, 0.2) is 12.3 Å². The van der Waals surface area contributed by atoms with E-state index < -0.39 is 0 Å². The monoisotopic (exact) mass is 230 g/mol. The van der Waals surface area contributed by atoms with Crippen molar-refractivity contribution in [2.24, 2.45) is 0 Å². The molecule has 4 nitrogen and oxygen atoms in total. The molecule has 1 aromatic heterocycles. The Morgan fingerprint density at radius 3 is 2.71 bits per heavy atom. The molecule has 0 amide bonds. The molecule has 0 radical (unpaired) electrons. The summed E-state index contributed by atoms with van der Waals surface area (Å²) in [6.07, 6.45) is 7.90. The lowest BCUT2D eigenvalue weighted by Gasteiger charge is -2.32. The SMILES string of the molecule is CN(c1ncc(C#N)cc1N)C1CCCCC1. The van der Waals surface area contributed by atoms with Gasteiger partial charge in [0.15, 0.2) is 5.82 Å². The zero-order valence-corrected chi connectivity index (χ0v) is 10.2. The summed E-state index contributed by atoms with van der Waals surface area (Å²) in [5.74, 6) is 0.802. The average molecular weight is 230 g/mol. The molecule has 1 fully saturated rings. The van der Waals surface area contributed by atoms with E-state index in [1.54, 1.807) is 12.3 Å². The van der Waals surface area contributed by atoms with Gasteiger partial charge in [0, 0.05) is 19.3 Å². The first-order valence-electron chi connectivity index (χ1n) is 6.11. The molecule has 1 saturated carbocycles. The standard InChI is InChI=1S/C13H18N4/c1-17(11-5-3-2-4-6-11)13-12(15)7-10(8-14)9-16-13/h7,9,11H,2-6,15H2,1H3. The van der Waals surface area contributed by atoms with Crippen LogP contribution in [0, 0.1) is 11.3 Å². The van der Waals surface area contributed by atoms with Gasteiger partial charge in [0.1, 0.15) is 6.07 Å². The van der Waals surface area contributed by atoms with Gasteiger partial charge in [-0.3, -0.25) is 0 Å². The van der Waals surface area contributed by atoms with Gasteiger partial charge >= 0.3 is 0 Å². The number of nitrogen functional groups attached to an aromatic ring is 1. The van der Waals surface area contributed by atoms with Gasteiger partial charge in [0.05, 0.1) is 11.3 Å². The fourth-order valence-corrected chi connectivity index (χ4v) is 2.47. The molecule has 0 spiro atoms. The highest BCUT2D eigenvalue weighted by Gasteiger charge is 2.20. The van der Waals surface area contributed by atoms with Crippen LogP contribution in [0.1, 0.15) is 37.7 Å². The van der Waals surface area contributed by atoms with E-state index in [9.17, 15) is 0 Å². The molecule has 0 saturated heterocycles. The smallest absolute Gasteiger partial charge is 0.151 e. The van der Waals surface area contributed by atoms with E-state index in [0.717, 1.165) is 5.82 Å². The first-order valence-corrected chi connectivity index (χ1v) is 6.11. The summed E-state index contributed by atoms with van der Waals surface area (Å²) in [4.78, 5) is 6.46. The average Bonchev–Trinajstić information content (AvgIpc) is 2.39. The highest BCUT2D eigenvalue weighted by Crippen LogP contribution is 2.28. The molecule has 0 atom stereocenters. The van der Waals surface area contributed by atoms with Crippen molar-refractivity contribution < 1.29 is 0 Å². The Labute approximate surface area is 102 Å². The number of aromatic nitrogens is 1. The number of hydrogen-bond acceptors (Lipinski definition) is 4. The van der Waals surface area contributed by atoms with Crippen molar-refractivity contribution in [3.63, 3.8) is 0 Å². The molecular formula is C13H18N4. The molecule has 1 aliphatic carbocycles. The lowest BCUT2D eigenvalue weighted by molar-refractivity contribution is 0.426. The van der Waals surface area contributed by atoms with Crippen molar-refractivity contribution in [1.82, 2.24) is 4.98 Å². The van der Waals surface area contributed by atoms with Crippen molar-refractivity contribution in [1.29, 1.82) is 5.26 Å². The van der Waals surface area contributed by atoms with Crippen LogP contribution < -0.4 is 10.6 Å². The third-order valence-electron chi connectivity index (χ3n) is 3.48. The maximum Gasteiger partial charge on any atom is 0.151 e. The summed E-state index contributed by atoms with van der Waals surface area (Å²) in [6, 6.07) is 4.28. The summed E-state index contributed by atoms with van der Waals surface area (Å²) >= 11 is 0. The van der Waals surface area contributed by atoms with Crippen LogP contribution in [0.5, 0.6) is 0 Å². The summed E-state index contributed by atoms with van der Waals surface area (Å²) in [5, 5.41) is 8.78. The third kappa shape index (κ3) is 2.50. The van der Waals surface area contributed by atoms with E-state index in [1.807, 2.05) is 7.05 Å². The Bertz CT molecular complexity index is 430. The Morgan fingerprint density at radius 1 is 1.41 bits per heavy atom. The second-order valence-electron chi connectivity index (χ2n) is 4.65. The number of anilines is 2. The fourth-order valence-electron chi connectivity index (χ4n) is 2.47. The molecule has 4 heteroatoms. The van der Waals surface area contributed by atoms with Crippen LogP contribution in [-0.2, 0) is 0 Å². The topological polar surface area (TPSA) is 65.9 Å². The van der Waals surface area contributed by atoms with E-state index >= 15 is 0 Å². The molecule has 1 heterocycles. The van der Waals surface area contributed by atoms with Crippen molar-refractivity contribution >= 4 is 11.5 Å². The van der Waals surface area contributed by atoms with E-state index in [-0.39, 0.29) is 0 Å². The predicted molar refractivity (Wildman–Crippen MR) is 68.6 cm³/mol. The van der Waals surface area contributed by atoms with Crippen molar-refractivity contribution in [3.8, 4) is 6.07 Å². The van der Waals surface area contributed by atoms with Crippen LogP contribution in [0.3, 0.4) is 0 Å². The number of hydrogen-bond donors (Lipinski definition) is 1. The van der Waals surface area contributed by atoms with Gasteiger partial charge in [0.25, 0.3) is 0 Å². The molecule has 1 aliphatic rings. The molecule has 0 bridgehead atoms. The van der Waals surface area contributed by atoms with Gasteiger partial charge in [-0.1, -0.05) is 19.3 Å². The van der Waals surface area contributed by atoms with E-state index in [1.165, 1.54) is 32.1 Å². The maximum atomic E-state index is 8.78. The minimum atomic E-state index is 0.517. The van der Waals surface area contributed by atoms with Gasteiger partial charge in [-0.25, -0.2) is 4.98 Å². The van der Waals surface area contributed by atoms with E-state index in [4.69, 9.17) is 11.0 Å².